The lowest BCUT2D eigenvalue weighted by atomic mass is 12.0. The lowest BCUT2D eigenvalue weighted by Crippen LogP contribution is 0.0803. The third-order valence-corrected chi connectivity index (χ3v) is 0. The van der Waals surface area contributed by atoms with Crippen LogP contribution in [0.2, 0.25) is 0 Å². The molecule has 0 bridgehead atoms. The Labute approximate surface area is 30.9 Å². The van der Waals surface area contributed by atoms with Gasteiger partial charge in [0.15, 0.2) is 0 Å². The number of hydrogen-bond donors (Lipinski definition) is 0. The molecule has 0 heterocycles. The Bertz CT molecular complexity index is 0. The van der Waals surface area contributed by atoms with Crippen molar-refractivity contribution in [1.82, 2.24) is 0 Å². The van der Waals surface area contributed by atoms with Crippen LogP contribution in [0.25, 0.3) is 0 Å². The first-order chi connectivity index (χ1) is 0. The molecule has 0 saturated carbocycles. The summed E-state index contributed by atoms with van der Waals surface area (Å²) in [5.41, 5.74) is 0. The number of rotatable bonds is 0. The van der Waals surface area contributed by atoms with E-state index >= 15 is 0 Å². The minimum absolute atomic E-state index is 0. The highest BCUT2D eigenvalue weighted by atomic mass is 12.0. The van der Waals surface area contributed by atoms with Gasteiger partial charge in [0.2, 0.25) is 0 Å². The van der Waals surface area contributed by atoms with E-state index in [0.717, 1.165) is 0 Å². The van der Waals surface area contributed by atoms with Gasteiger partial charge in [0, 0.05) is 0 Å². The summed E-state index contributed by atoms with van der Waals surface area (Å²) in [6, 6.07) is 0. The molecule has 0 unspecified atom stereocenters. The first-order valence-corrected chi connectivity index (χ1v) is 0. The lowest BCUT2D eigenvalue weighted by molar-refractivity contribution is 2.50. The molecule has 0 nitrogen and oxygen atoms in total. The summed E-state index contributed by atoms with van der Waals surface area (Å²) >= 11 is 0. The predicted molar refractivity (Wildman–Crippen MR) is 26.3 cm³/mol. The quantitative estimate of drug-likeness (QED) is 0.377. The van der Waals surface area contributed by atoms with Crippen LogP contribution in [0.4, 0.5) is 0 Å². The monoisotopic (exact) mass is 62.1 g/mol. The van der Waals surface area contributed by atoms with Gasteiger partial charge in [-0.3, -0.25) is 0 Å². The van der Waals surface area contributed by atoms with Gasteiger partial charge >= 0.3 is 0 Å². The van der Waals surface area contributed by atoms with Gasteiger partial charge in [0.25, 0.3) is 0 Å². The maximum absolute atomic E-state index is 0. The second-order valence-corrected chi connectivity index (χ2v) is 0. The van der Waals surface area contributed by atoms with Crippen LogP contribution in [0, 0.1) is 14.9 Å². The van der Waals surface area contributed by atoms with Crippen molar-refractivity contribution in [3.8, 4) is 0 Å². The molecule has 0 aliphatic heterocycles. The number of hydrogen-bond acceptors (Lipinski definition) is 0. The van der Waals surface area contributed by atoms with E-state index in [1.165, 1.54) is 0 Å². The van der Waals surface area contributed by atoms with Gasteiger partial charge < -0.3 is 14.9 Å². The fourth-order valence-corrected chi connectivity index (χ4v) is 0. The zero-order chi connectivity index (χ0) is 0. The Morgan fingerprint density at radius 3 is 0.500 bits per heavy atom. The second kappa shape index (κ2) is 0. The molecular weight excluding hydrogens is 48.0 g/mol. The van der Waals surface area contributed by atoms with E-state index in [1.807, 2.05) is 0 Å². The van der Waals surface area contributed by atoms with Crippen LogP contribution in [0.3, 0.4) is 0 Å². The summed E-state index contributed by atoms with van der Waals surface area (Å²) in [5, 5.41) is 0. The van der Waals surface area contributed by atoms with E-state index in [9.17, 15) is 0 Å². The molecule has 0 heteroatoms. The summed E-state index contributed by atoms with van der Waals surface area (Å²) in [6.07, 6.45) is 0. The van der Waals surface area contributed by atoms with Crippen LogP contribution in [-0.2, 0) is 0 Å². The molecule has 0 rings (SSSR count). The Balaban J connectivity index is 0. The molecule has 0 aromatic heterocycles. The zero-order valence-electron chi connectivity index (χ0n) is 2.00. The fourth-order valence-electron chi connectivity index (χ4n) is 0. The molecular formula is C4H14-2. The van der Waals surface area contributed by atoms with Gasteiger partial charge in [0.05, 0.1) is 0 Å². The van der Waals surface area contributed by atoms with Gasteiger partial charge in [-0.2, -0.15) is 0 Å². The summed E-state index contributed by atoms with van der Waals surface area (Å²) in [4.78, 5) is 0. The molecule has 0 spiro atoms. The van der Waals surface area contributed by atoms with Crippen LogP contribution < -0.4 is 0 Å². The summed E-state index contributed by atoms with van der Waals surface area (Å²) in [7, 11) is 0. The van der Waals surface area contributed by atoms with E-state index in [0.29, 0.717) is 0 Å². The van der Waals surface area contributed by atoms with Gasteiger partial charge in [-0.05, 0) is 0 Å². The SMILES string of the molecule is C.C.[CH3-].[CH3-]. The molecule has 0 fully saturated rings. The summed E-state index contributed by atoms with van der Waals surface area (Å²) < 4.78 is 0. The molecule has 0 atom stereocenters. The topological polar surface area (TPSA) is 0 Å². The van der Waals surface area contributed by atoms with E-state index < -0.39 is 0 Å². The van der Waals surface area contributed by atoms with Crippen molar-refractivity contribution in [2.75, 3.05) is 0 Å². The highest BCUT2D eigenvalue weighted by Gasteiger charge is -0.0765. The third kappa shape index (κ3) is 0. The van der Waals surface area contributed by atoms with Crippen LogP contribution in [0.5, 0.6) is 0 Å². The minimum Gasteiger partial charge on any atom is -0.358 e. The Kier molecular flexibility index (Phi) is 0. The van der Waals surface area contributed by atoms with E-state index in [2.05, 4.69) is 0 Å². The van der Waals surface area contributed by atoms with Crippen LogP contribution in [-0.4, -0.2) is 0 Å². The summed E-state index contributed by atoms with van der Waals surface area (Å²) in [6.45, 7) is 0. The van der Waals surface area contributed by atoms with Crippen molar-refractivity contribution in [3.05, 3.63) is 14.9 Å². The van der Waals surface area contributed by atoms with Gasteiger partial charge in [-0.15, -0.1) is 0 Å². The average Bonchev–Trinajstić information content (AvgIpc) is 0. The molecule has 0 amide bonds. The molecule has 32 valence electrons. The van der Waals surface area contributed by atoms with Crippen molar-refractivity contribution in [1.29, 1.82) is 0 Å². The molecule has 0 aromatic carbocycles. The second-order valence-electron chi connectivity index (χ2n) is 0. The molecule has 4 heavy (non-hydrogen) atoms. The van der Waals surface area contributed by atoms with Crippen LogP contribution in [0.15, 0.2) is 0 Å². The van der Waals surface area contributed by atoms with Crippen LogP contribution >= 0.6 is 0 Å². The molecule has 0 aromatic rings. The highest BCUT2D eigenvalue weighted by Crippen LogP contribution is 0.145. The Morgan fingerprint density at radius 1 is 0.500 bits per heavy atom. The minimum atomic E-state index is 0. The van der Waals surface area contributed by atoms with Crippen molar-refractivity contribution in [2.24, 2.45) is 0 Å². The lowest BCUT2D eigenvalue weighted by Gasteiger charge is -0.359. The van der Waals surface area contributed by atoms with Gasteiger partial charge in [0.1, 0.15) is 0 Å². The maximum atomic E-state index is 0. The van der Waals surface area contributed by atoms with Crippen molar-refractivity contribution in [2.45, 2.75) is 14.9 Å². The standard InChI is InChI=1S/2CH4.2CH3/h2*1H4;2*1H3/q;;2*-1. The third-order valence-electron chi connectivity index (χ3n) is 0. The smallest absolute Gasteiger partial charge is 0.0776 e. The van der Waals surface area contributed by atoms with Gasteiger partial charge in [-0.25, -0.2) is 0 Å². The van der Waals surface area contributed by atoms with Crippen molar-refractivity contribution in [3.63, 3.8) is 0 Å². The fraction of sp³-hybridized carbons (Fsp3) is 0.500. The van der Waals surface area contributed by atoms with Crippen molar-refractivity contribution >= 4 is 0 Å². The van der Waals surface area contributed by atoms with Crippen molar-refractivity contribution < 1.29 is 0 Å². The van der Waals surface area contributed by atoms with Gasteiger partial charge in [-0.1, -0.05) is 14.9 Å². The van der Waals surface area contributed by atoms with Crippen LogP contribution in [0.1, 0.15) is 14.9 Å². The normalized spacial score (nSPS) is 0. The zero-order valence-corrected chi connectivity index (χ0v) is 2.00. The predicted octanol–water partition coefficient (Wildman–Crippen LogP) is 2.17. The Hall–Kier alpha value is 0. The largest absolute Gasteiger partial charge is 0.358 e. The molecule has 0 N–H and O–H groups in total. The average molecular weight is 62.2 g/mol. The maximum Gasteiger partial charge on any atom is -0.0776 e. The molecule has 0 saturated heterocycles. The molecule has 0 aliphatic rings. The first-order valence-electron chi connectivity index (χ1n) is 0. The Morgan fingerprint density at radius 2 is 0.500 bits per heavy atom. The van der Waals surface area contributed by atoms with E-state index in [4.69, 9.17) is 0 Å². The summed E-state index contributed by atoms with van der Waals surface area (Å²) in [5.74, 6) is 0. The molecule has 0 aliphatic carbocycles. The van der Waals surface area contributed by atoms with E-state index in [1.54, 1.807) is 0 Å². The van der Waals surface area contributed by atoms with E-state index in [-0.39, 0.29) is 29.7 Å². The molecule has 0 radical (unpaired) electrons. The first kappa shape index (κ1) is 0. The highest BCUT2D eigenvalue weighted by molar-refractivity contribution is 3.24.